The van der Waals surface area contributed by atoms with Crippen LogP contribution in [0.25, 0.3) is 0 Å². The molecule has 3 heterocycles. The average Bonchev–Trinajstić information content (AvgIpc) is 3.23. The van der Waals surface area contributed by atoms with Crippen molar-refractivity contribution in [3.05, 3.63) is 70.3 Å². The third kappa shape index (κ3) is 7.33. The van der Waals surface area contributed by atoms with Crippen LogP contribution in [0.1, 0.15) is 74.4 Å². The van der Waals surface area contributed by atoms with Crippen LogP contribution in [0.5, 0.6) is 5.75 Å². The molecule has 0 aromatic heterocycles. The Hall–Kier alpha value is -2.63. The lowest BCUT2D eigenvalue weighted by molar-refractivity contribution is -0.0442. The SMILES string of the molecule is C[C@@H]1COCCN1CCO[C@H]1/C=C\C[C@H](C)[C@@H](C)S(=O)(=O)NC(=O)c2ccc3c(c2)N(C[C@@H]2CC[C@H]21)C[C@@]1(CCCc2cc(Cl)ccc21)CO3. The molecule has 1 N–H and O–H groups in total. The number of morpholine rings is 1. The number of rotatable bonds is 4. The molecule has 2 fully saturated rings. The highest BCUT2D eigenvalue weighted by molar-refractivity contribution is 7.90. The summed E-state index contributed by atoms with van der Waals surface area (Å²) in [6.07, 6.45) is 9.95. The van der Waals surface area contributed by atoms with Crippen molar-refractivity contribution in [1.29, 1.82) is 0 Å². The van der Waals surface area contributed by atoms with E-state index in [4.69, 9.17) is 25.8 Å². The molecule has 0 radical (unpaired) electrons. The molecular weight excluding hydrogens is 674 g/mol. The Labute approximate surface area is 302 Å². The number of benzene rings is 2. The lowest BCUT2D eigenvalue weighted by atomic mass is 9.68. The molecule has 11 heteroatoms. The van der Waals surface area contributed by atoms with Gasteiger partial charge in [0, 0.05) is 48.2 Å². The van der Waals surface area contributed by atoms with E-state index in [0.29, 0.717) is 48.8 Å². The maximum absolute atomic E-state index is 13.5. The highest BCUT2D eigenvalue weighted by Gasteiger charge is 2.44. The molecule has 50 heavy (non-hydrogen) atoms. The van der Waals surface area contributed by atoms with Gasteiger partial charge in [0.05, 0.1) is 43.5 Å². The molecule has 272 valence electrons. The van der Waals surface area contributed by atoms with Gasteiger partial charge in [-0.15, -0.1) is 0 Å². The Kier molecular flexibility index (Phi) is 10.6. The maximum Gasteiger partial charge on any atom is 0.264 e. The van der Waals surface area contributed by atoms with Crippen molar-refractivity contribution < 1.29 is 27.4 Å². The number of anilines is 1. The maximum atomic E-state index is 13.5. The summed E-state index contributed by atoms with van der Waals surface area (Å²) in [5.41, 5.74) is 3.45. The molecule has 2 aromatic rings. The molecule has 3 aliphatic heterocycles. The van der Waals surface area contributed by atoms with Crippen LogP contribution < -0.4 is 14.4 Å². The van der Waals surface area contributed by atoms with E-state index in [1.807, 2.05) is 25.1 Å². The van der Waals surface area contributed by atoms with Crippen molar-refractivity contribution in [3.63, 3.8) is 0 Å². The lowest BCUT2D eigenvalue weighted by Crippen LogP contribution is -2.50. The Morgan fingerprint density at radius 1 is 1.12 bits per heavy atom. The van der Waals surface area contributed by atoms with Crippen LogP contribution in [0.3, 0.4) is 0 Å². The molecule has 2 aliphatic carbocycles. The second kappa shape index (κ2) is 14.8. The molecule has 2 aromatic carbocycles. The highest BCUT2D eigenvalue weighted by atomic mass is 35.5. The first-order valence-corrected chi connectivity index (χ1v) is 20.4. The topological polar surface area (TPSA) is 97.4 Å². The van der Waals surface area contributed by atoms with Crippen molar-refractivity contribution in [2.75, 3.05) is 57.5 Å². The smallest absolute Gasteiger partial charge is 0.264 e. The minimum atomic E-state index is -3.93. The number of carbonyl (C=O) groups is 1. The minimum absolute atomic E-state index is 0.0719. The number of nitrogens with one attached hydrogen (secondary N) is 1. The van der Waals surface area contributed by atoms with Crippen LogP contribution in [0.4, 0.5) is 5.69 Å². The molecule has 9 nitrogen and oxygen atoms in total. The molecule has 1 amide bonds. The number of amides is 1. The molecule has 2 bridgehead atoms. The number of fused-ring (bicyclic) bond motifs is 4. The Morgan fingerprint density at radius 3 is 2.78 bits per heavy atom. The number of hydrogen-bond acceptors (Lipinski definition) is 8. The van der Waals surface area contributed by atoms with Crippen molar-refractivity contribution >= 4 is 33.2 Å². The summed E-state index contributed by atoms with van der Waals surface area (Å²) in [5.74, 6) is 0.608. The molecule has 7 atom stereocenters. The van der Waals surface area contributed by atoms with Crippen molar-refractivity contribution in [1.82, 2.24) is 9.62 Å². The zero-order valence-corrected chi connectivity index (χ0v) is 31.2. The van der Waals surface area contributed by atoms with Gasteiger partial charge in [-0.1, -0.05) is 36.7 Å². The van der Waals surface area contributed by atoms with E-state index in [1.54, 1.807) is 13.0 Å². The molecule has 7 rings (SSSR count). The standard InChI is InChI=1S/C39H52ClN3O6S/c1-26-6-4-8-36(48-19-17-42-16-18-47-23-27(42)2)33-12-9-31(33)22-43-24-39(15-5-7-29-20-32(40)11-13-34(29)39)25-49-37-14-10-30(21-35(37)43)38(44)41-50(45,46)28(26)3/h4,8,10-11,13-14,20-21,26-28,31,33,36H,5-7,9,12,15-19,22-25H2,1-3H3,(H,41,44)/b8-4-/t26-,27+,28+,31-,33+,36-,39-/m0/s1. The van der Waals surface area contributed by atoms with E-state index in [0.717, 1.165) is 82.2 Å². The van der Waals surface area contributed by atoms with Gasteiger partial charge in [-0.3, -0.25) is 9.69 Å². The van der Waals surface area contributed by atoms with E-state index in [2.05, 4.69) is 45.7 Å². The molecule has 1 saturated heterocycles. The number of carbonyl (C=O) groups excluding carboxylic acids is 1. The minimum Gasteiger partial charge on any atom is -0.490 e. The fourth-order valence-electron chi connectivity index (χ4n) is 8.72. The van der Waals surface area contributed by atoms with Crippen LogP contribution in [0, 0.1) is 17.8 Å². The van der Waals surface area contributed by atoms with Crippen LogP contribution >= 0.6 is 11.6 Å². The van der Waals surface area contributed by atoms with Gasteiger partial charge in [-0.2, -0.15) is 0 Å². The summed E-state index contributed by atoms with van der Waals surface area (Å²) in [7, 11) is -3.93. The predicted octanol–water partition coefficient (Wildman–Crippen LogP) is 5.99. The van der Waals surface area contributed by atoms with Gasteiger partial charge in [-0.05, 0) is 112 Å². The van der Waals surface area contributed by atoms with E-state index in [9.17, 15) is 13.2 Å². The van der Waals surface area contributed by atoms with E-state index < -0.39 is 21.2 Å². The van der Waals surface area contributed by atoms with Crippen LogP contribution in [-0.4, -0.2) is 89.2 Å². The Morgan fingerprint density at radius 2 is 1.98 bits per heavy atom. The van der Waals surface area contributed by atoms with Gasteiger partial charge in [-0.25, -0.2) is 13.1 Å². The molecule has 0 unspecified atom stereocenters. The van der Waals surface area contributed by atoms with E-state index in [-0.39, 0.29) is 17.4 Å². The first-order valence-electron chi connectivity index (χ1n) is 18.5. The quantitative estimate of drug-likeness (QED) is 0.385. The Balaban J connectivity index is 1.23. The van der Waals surface area contributed by atoms with Crippen molar-refractivity contribution in [2.24, 2.45) is 17.8 Å². The zero-order valence-electron chi connectivity index (χ0n) is 29.6. The zero-order chi connectivity index (χ0) is 35.0. The molecule has 1 spiro atoms. The number of aryl methyl sites for hydroxylation is 1. The monoisotopic (exact) mass is 725 g/mol. The van der Waals surface area contributed by atoms with Gasteiger partial charge in [0.2, 0.25) is 10.0 Å². The van der Waals surface area contributed by atoms with Crippen molar-refractivity contribution in [3.8, 4) is 5.75 Å². The molecule has 1 saturated carbocycles. The summed E-state index contributed by atoms with van der Waals surface area (Å²) in [4.78, 5) is 18.4. The summed E-state index contributed by atoms with van der Waals surface area (Å²) >= 11 is 6.47. The third-order valence-electron chi connectivity index (χ3n) is 12.2. The summed E-state index contributed by atoms with van der Waals surface area (Å²) < 4.78 is 48.3. The first kappa shape index (κ1) is 35.8. The average molecular weight is 726 g/mol. The molecular formula is C39H52ClN3O6S. The second-order valence-electron chi connectivity index (χ2n) is 15.4. The van der Waals surface area contributed by atoms with Crippen molar-refractivity contribution in [2.45, 2.75) is 82.1 Å². The van der Waals surface area contributed by atoms with Gasteiger partial charge < -0.3 is 19.1 Å². The van der Waals surface area contributed by atoms with Gasteiger partial charge >= 0.3 is 0 Å². The number of ether oxygens (including phenoxy) is 3. The van der Waals surface area contributed by atoms with E-state index in [1.165, 1.54) is 11.1 Å². The fraction of sp³-hybridized carbons (Fsp3) is 0.615. The third-order valence-corrected chi connectivity index (χ3v) is 14.4. The van der Waals surface area contributed by atoms with Crippen LogP contribution in [0.15, 0.2) is 48.6 Å². The summed E-state index contributed by atoms with van der Waals surface area (Å²) in [5, 5.41) is -0.0135. The second-order valence-corrected chi connectivity index (χ2v) is 17.9. The fourth-order valence-corrected chi connectivity index (χ4v) is 10.2. The van der Waals surface area contributed by atoms with Crippen LogP contribution in [-0.2, 0) is 31.3 Å². The number of allylic oxidation sites excluding steroid dienone is 1. The van der Waals surface area contributed by atoms with E-state index >= 15 is 0 Å². The number of sulfonamides is 1. The van der Waals surface area contributed by atoms with Gasteiger partial charge in [0.15, 0.2) is 0 Å². The number of nitrogens with zero attached hydrogens (tertiary/aromatic N) is 2. The normalized spacial score (nSPS) is 33.6. The lowest BCUT2D eigenvalue weighted by Gasteiger charge is -2.46. The Bertz CT molecular complexity index is 1700. The van der Waals surface area contributed by atoms with Gasteiger partial charge in [0.1, 0.15) is 5.75 Å². The first-order chi connectivity index (χ1) is 24.0. The highest BCUT2D eigenvalue weighted by Crippen LogP contribution is 2.47. The summed E-state index contributed by atoms with van der Waals surface area (Å²) in [6.45, 7) is 11.7. The number of halogens is 1. The molecule has 5 aliphatic rings. The summed E-state index contributed by atoms with van der Waals surface area (Å²) in [6, 6.07) is 12.0. The largest absolute Gasteiger partial charge is 0.490 e. The number of hydrogen-bond donors (Lipinski definition) is 1. The predicted molar refractivity (Wildman–Crippen MR) is 197 cm³/mol. The van der Waals surface area contributed by atoms with Crippen LogP contribution in [0.2, 0.25) is 5.02 Å². The van der Waals surface area contributed by atoms with Gasteiger partial charge in [0.25, 0.3) is 5.91 Å².